The summed E-state index contributed by atoms with van der Waals surface area (Å²) in [6.45, 7) is 4.59. The van der Waals surface area contributed by atoms with Crippen molar-refractivity contribution in [2.45, 2.75) is 38.8 Å². The normalized spacial score (nSPS) is 19.1. The average Bonchev–Trinajstić information content (AvgIpc) is 2.47. The fourth-order valence-corrected chi connectivity index (χ4v) is 2.15. The van der Waals surface area contributed by atoms with Crippen LogP contribution in [0.25, 0.3) is 0 Å². The largest absolute Gasteiger partial charge is 0.368 e. The Hall–Kier alpha value is -1.39. The van der Waals surface area contributed by atoms with Gasteiger partial charge in [-0.15, -0.1) is 0 Å². The summed E-state index contributed by atoms with van der Waals surface area (Å²) < 4.78 is 5.47. The smallest absolute Gasteiger partial charge is 0.253 e. The summed E-state index contributed by atoms with van der Waals surface area (Å²) in [5, 5.41) is 6.18. The van der Waals surface area contributed by atoms with Crippen LogP contribution in [-0.4, -0.2) is 25.2 Å². The van der Waals surface area contributed by atoms with Gasteiger partial charge in [-0.05, 0) is 43.5 Å². The van der Waals surface area contributed by atoms with E-state index in [0.29, 0.717) is 6.61 Å². The zero-order valence-corrected chi connectivity index (χ0v) is 11.4. The van der Waals surface area contributed by atoms with Crippen molar-refractivity contribution in [3.63, 3.8) is 0 Å². The van der Waals surface area contributed by atoms with Gasteiger partial charge in [-0.25, -0.2) is 0 Å². The van der Waals surface area contributed by atoms with Crippen molar-refractivity contribution in [2.75, 3.05) is 18.5 Å². The Bertz CT molecular complexity index is 397. The fourth-order valence-electron chi connectivity index (χ4n) is 2.15. The lowest BCUT2D eigenvalue weighted by molar-refractivity contribution is -0.129. The van der Waals surface area contributed by atoms with Crippen LogP contribution in [0.2, 0.25) is 0 Å². The van der Waals surface area contributed by atoms with Crippen LogP contribution >= 0.6 is 0 Å². The van der Waals surface area contributed by atoms with Gasteiger partial charge in [-0.2, -0.15) is 0 Å². The molecule has 0 bridgehead atoms. The summed E-state index contributed by atoms with van der Waals surface area (Å²) in [5.41, 5.74) is 2.05. The van der Waals surface area contributed by atoms with Gasteiger partial charge in [0.2, 0.25) is 0 Å². The Morgan fingerprint density at radius 2 is 2.11 bits per heavy atom. The number of ether oxygens (including phenoxy) is 1. The predicted octanol–water partition coefficient (Wildman–Crippen LogP) is 2.30. The summed E-state index contributed by atoms with van der Waals surface area (Å²) in [5.74, 6) is -0.0286. The van der Waals surface area contributed by atoms with Crippen LogP contribution in [0, 0.1) is 0 Å². The van der Waals surface area contributed by atoms with Crippen molar-refractivity contribution in [3.05, 3.63) is 29.8 Å². The minimum Gasteiger partial charge on any atom is -0.368 e. The third-order valence-corrected chi connectivity index (χ3v) is 3.27. The fraction of sp³-hybridized carbons (Fsp3) is 0.533. The van der Waals surface area contributed by atoms with E-state index < -0.39 is 0 Å². The van der Waals surface area contributed by atoms with Gasteiger partial charge in [-0.1, -0.05) is 19.1 Å². The van der Waals surface area contributed by atoms with Gasteiger partial charge in [0.25, 0.3) is 5.91 Å². The van der Waals surface area contributed by atoms with E-state index >= 15 is 0 Å². The van der Waals surface area contributed by atoms with Crippen LogP contribution in [0.1, 0.15) is 31.7 Å². The number of anilines is 1. The number of carbonyl (C=O) groups is 1. The molecule has 4 heteroatoms. The molecule has 2 N–H and O–H groups in total. The summed E-state index contributed by atoms with van der Waals surface area (Å²) >= 11 is 0. The lowest BCUT2D eigenvalue weighted by atomic mass is 10.1. The molecule has 1 atom stereocenters. The standard InChI is InChI=1S/C15H22N2O2/c1-2-16-11-12-6-8-13(9-7-12)17-15(18)14-5-3-4-10-19-14/h6-9,14,16H,2-5,10-11H2,1H3,(H,17,18). The first-order chi connectivity index (χ1) is 9.29. The van der Waals surface area contributed by atoms with E-state index in [1.165, 1.54) is 5.56 Å². The van der Waals surface area contributed by atoms with Gasteiger partial charge in [0.15, 0.2) is 0 Å². The highest BCUT2D eigenvalue weighted by atomic mass is 16.5. The molecule has 1 fully saturated rings. The van der Waals surface area contributed by atoms with Gasteiger partial charge >= 0.3 is 0 Å². The number of hydrogen-bond acceptors (Lipinski definition) is 3. The minimum atomic E-state index is -0.282. The molecule has 1 aromatic rings. The molecule has 1 aliphatic rings. The maximum absolute atomic E-state index is 12.0. The highest BCUT2D eigenvalue weighted by Crippen LogP contribution is 2.16. The molecule has 0 aromatic heterocycles. The summed E-state index contributed by atoms with van der Waals surface area (Å²) in [4.78, 5) is 12.0. The molecule has 2 rings (SSSR count). The quantitative estimate of drug-likeness (QED) is 0.856. The maximum atomic E-state index is 12.0. The molecule has 0 radical (unpaired) electrons. The Labute approximate surface area is 114 Å². The molecular weight excluding hydrogens is 240 g/mol. The van der Waals surface area contributed by atoms with Crippen LogP contribution in [0.5, 0.6) is 0 Å². The van der Waals surface area contributed by atoms with Crippen LogP contribution < -0.4 is 10.6 Å². The first-order valence-electron chi connectivity index (χ1n) is 7.01. The van der Waals surface area contributed by atoms with Crippen LogP contribution in [0.4, 0.5) is 5.69 Å². The Morgan fingerprint density at radius 3 is 2.74 bits per heavy atom. The second-order valence-electron chi connectivity index (χ2n) is 4.82. The van der Waals surface area contributed by atoms with Gasteiger partial charge in [0.05, 0.1) is 0 Å². The summed E-state index contributed by atoms with van der Waals surface area (Å²) in [6, 6.07) is 7.93. The zero-order chi connectivity index (χ0) is 13.5. The maximum Gasteiger partial charge on any atom is 0.253 e. The van der Waals surface area contributed by atoms with E-state index in [0.717, 1.165) is 38.0 Å². The van der Waals surface area contributed by atoms with E-state index in [9.17, 15) is 4.79 Å². The number of carbonyl (C=O) groups excluding carboxylic acids is 1. The number of benzene rings is 1. The van der Waals surface area contributed by atoms with Crippen LogP contribution in [0.15, 0.2) is 24.3 Å². The molecule has 1 heterocycles. The van der Waals surface area contributed by atoms with Gasteiger partial charge in [0, 0.05) is 18.8 Å². The van der Waals surface area contributed by atoms with Gasteiger partial charge in [0.1, 0.15) is 6.10 Å². The first kappa shape index (κ1) is 14.0. The number of hydrogen-bond donors (Lipinski definition) is 2. The molecule has 1 aromatic carbocycles. The van der Waals surface area contributed by atoms with E-state index in [-0.39, 0.29) is 12.0 Å². The molecule has 1 saturated heterocycles. The molecule has 1 unspecified atom stereocenters. The zero-order valence-electron chi connectivity index (χ0n) is 11.4. The third-order valence-electron chi connectivity index (χ3n) is 3.27. The topological polar surface area (TPSA) is 50.4 Å². The lowest BCUT2D eigenvalue weighted by Crippen LogP contribution is -2.33. The summed E-state index contributed by atoms with van der Waals surface area (Å²) in [7, 11) is 0. The van der Waals surface area contributed by atoms with E-state index in [4.69, 9.17) is 4.74 Å². The lowest BCUT2D eigenvalue weighted by Gasteiger charge is -2.21. The van der Waals surface area contributed by atoms with Gasteiger partial charge in [-0.3, -0.25) is 4.79 Å². The number of nitrogens with one attached hydrogen (secondary N) is 2. The van der Waals surface area contributed by atoms with E-state index in [1.807, 2.05) is 24.3 Å². The summed E-state index contributed by atoms with van der Waals surface area (Å²) in [6.07, 6.45) is 2.67. The van der Waals surface area contributed by atoms with Crippen molar-refractivity contribution in [1.29, 1.82) is 0 Å². The van der Waals surface area contributed by atoms with E-state index in [1.54, 1.807) is 0 Å². The third kappa shape index (κ3) is 4.33. The van der Waals surface area contributed by atoms with Crippen molar-refractivity contribution in [2.24, 2.45) is 0 Å². The highest BCUT2D eigenvalue weighted by molar-refractivity contribution is 5.94. The molecule has 1 amide bonds. The molecule has 1 aliphatic heterocycles. The van der Waals surface area contributed by atoms with Crippen LogP contribution in [0.3, 0.4) is 0 Å². The Morgan fingerprint density at radius 1 is 1.32 bits per heavy atom. The average molecular weight is 262 g/mol. The molecule has 4 nitrogen and oxygen atoms in total. The predicted molar refractivity (Wildman–Crippen MR) is 76.0 cm³/mol. The molecule has 0 saturated carbocycles. The Balaban J connectivity index is 1.86. The second kappa shape index (κ2) is 7.26. The van der Waals surface area contributed by atoms with E-state index in [2.05, 4.69) is 17.6 Å². The van der Waals surface area contributed by atoms with Crippen LogP contribution in [-0.2, 0) is 16.1 Å². The second-order valence-corrected chi connectivity index (χ2v) is 4.82. The van der Waals surface area contributed by atoms with Gasteiger partial charge < -0.3 is 15.4 Å². The molecule has 19 heavy (non-hydrogen) atoms. The minimum absolute atomic E-state index is 0.0286. The first-order valence-corrected chi connectivity index (χ1v) is 7.01. The number of amides is 1. The molecular formula is C15H22N2O2. The van der Waals surface area contributed by atoms with Crippen molar-refractivity contribution >= 4 is 11.6 Å². The SMILES string of the molecule is CCNCc1ccc(NC(=O)C2CCCCO2)cc1. The highest BCUT2D eigenvalue weighted by Gasteiger charge is 2.21. The van der Waals surface area contributed by atoms with Crippen molar-refractivity contribution in [1.82, 2.24) is 5.32 Å². The molecule has 0 spiro atoms. The van der Waals surface area contributed by atoms with Crippen molar-refractivity contribution in [3.8, 4) is 0 Å². The van der Waals surface area contributed by atoms with Crippen molar-refractivity contribution < 1.29 is 9.53 Å². The molecule has 104 valence electrons. The number of rotatable bonds is 5. The Kier molecular flexibility index (Phi) is 5.36. The molecule has 0 aliphatic carbocycles. The monoisotopic (exact) mass is 262 g/mol.